The fourth-order valence-corrected chi connectivity index (χ4v) is 4.10. The second-order valence-electron chi connectivity index (χ2n) is 3.62. The van der Waals surface area contributed by atoms with E-state index in [1.165, 1.54) is 7.11 Å². The Labute approximate surface area is 117 Å². The van der Waals surface area contributed by atoms with Crippen molar-refractivity contribution in [3.05, 3.63) is 0 Å². The summed E-state index contributed by atoms with van der Waals surface area (Å²) in [6.45, 7) is 0.806. The van der Waals surface area contributed by atoms with Crippen LogP contribution in [0.25, 0.3) is 0 Å². The zero-order valence-corrected chi connectivity index (χ0v) is 13.4. The normalized spacial score (nSPS) is 15.4. The number of rotatable bonds is 9. The van der Waals surface area contributed by atoms with Gasteiger partial charge in [-0.2, -0.15) is 0 Å². The lowest BCUT2D eigenvalue weighted by Crippen LogP contribution is -2.25. The van der Waals surface area contributed by atoms with Gasteiger partial charge in [-0.1, -0.05) is 11.4 Å². The van der Waals surface area contributed by atoms with E-state index in [1.54, 1.807) is 20.1 Å². The van der Waals surface area contributed by atoms with Gasteiger partial charge in [0.05, 0.1) is 25.6 Å². The smallest absolute Gasteiger partial charge is 0.310 e. The van der Waals surface area contributed by atoms with Gasteiger partial charge in [-0.05, 0) is 20.1 Å². The molecule has 0 rings (SSSR count). The zero-order chi connectivity index (χ0) is 14.9. The summed E-state index contributed by atoms with van der Waals surface area (Å²) in [5.41, 5.74) is 0. The quantitative estimate of drug-likeness (QED) is 0.477. The van der Waals surface area contributed by atoms with E-state index in [9.17, 15) is 14.2 Å². The third-order valence-corrected chi connectivity index (χ3v) is 6.90. The first-order chi connectivity index (χ1) is 8.92. The summed E-state index contributed by atoms with van der Waals surface area (Å²) < 4.78 is 26.8. The maximum Gasteiger partial charge on any atom is 0.310 e. The van der Waals surface area contributed by atoms with Crippen LogP contribution in [-0.4, -0.2) is 44.7 Å². The zero-order valence-electron chi connectivity index (χ0n) is 11.7. The highest BCUT2D eigenvalue weighted by molar-refractivity contribution is 8.56. The second kappa shape index (κ2) is 9.39. The first-order valence-electron chi connectivity index (χ1n) is 5.95. The molecule has 0 radical (unpaired) electrons. The fraction of sp³-hybridized carbons (Fsp3) is 0.818. The van der Waals surface area contributed by atoms with Crippen molar-refractivity contribution >= 4 is 29.9 Å². The monoisotopic (exact) mass is 312 g/mol. The number of ether oxygens (including phenoxy) is 2. The molecule has 0 aromatic rings. The Morgan fingerprint density at radius 1 is 1.21 bits per heavy atom. The lowest BCUT2D eigenvalue weighted by molar-refractivity contribution is -0.153. The van der Waals surface area contributed by atoms with E-state index in [-0.39, 0.29) is 25.8 Å². The molecule has 0 fully saturated rings. The van der Waals surface area contributed by atoms with E-state index in [0.29, 0.717) is 0 Å². The number of carbonyl (C=O) groups is 2. The highest BCUT2D eigenvalue weighted by Gasteiger charge is 2.33. The molecule has 2 atom stereocenters. The predicted octanol–water partition coefficient (Wildman–Crippen LogP) is 2.32. The molecule has 0 aliphatic heterocycles. The number of hydrogen-bond acceptors (Lipinski definition) is 7. The first-order valence-corrected chi connectivity index (χ1v) is 9.59. The molecule has 0 aliphatic rings. The van der Waals surface area contributed by atoms with E-state index >= 15 is 0 Å². The molecule has 0 N–H and O–H groups in total. The minimum atomic E-state index is -2.98. The van der Waals surface area contributed by atoms with Crippen LogP contribution in [0.3, 0.4) is 0 Å². The minimum Gasteiger partial charge on any atom is -0.466 e. The topological polar surface area (TPSA) is 78.9 Å². The molecule has 8 heteroatoms. The van der Waals surface area contributed by atoms with Crippen molar-refractivity contribution in [1.29, 1.82) is 0 Å². The van der Waals surface area contributed by atoms with E-state index in [0.717, 1.165) is 11.4 Å². The molecule has 0 amide bonds. The summed E-state index contributed by atoms with van der Waals surface area (Å²) in [6, 6.07) is 0. The van der Waals surface area contributed by atoms with Crippen LogP contribution in [0.5, 0.6) is 0 Å². The lowest BCUT2D eigenvalue weighted by Gasteiger charge is -2.19. The van der Waals surface area contributed by atoms with Gasteiger partial charge in [-0.25, -0.2) is 0 Å². The van der Waals surface area contributed by atoms with Crippen LogP contribution >= 0.6 is 18.0 Å². The van der Waals surface area contributed by atoms with Gasteiger partial charge in [-0.3, -0.25) is 14.2 Å². The minimum absolute atomic E-state index is 0.0394. The Hall–Kier alpha value is -0.520. The van der Waals surface area contributed by atoms with Crippen molar-refractivity contribution in [3.63, 3.8) is 0 Å². The van der Waals surface area contributed by atoms with Gasteiger partial charge in [0.25, 0.3) is 6.57 Å². The molecule has 0 aliphatic carbocycles. The SMILES string of the molecule is CCOC(=O)CC(CP(=O)(OC)SC)C(=O)OCC. The molecule has 0 heterocycles. The molecule has 0 spiro atoms. The third kappa shape index (κ3) is 6.99. The summed E-state index contributed by atoms with van der Waals surface area (Å²) in [4.78, 5) is 23.2. The maximum atomic E-state index is 12.2. The molecule has 0 aromatic heterocycles. The Morgan fingerprint density at radius 2 is 1.79 bits per heavy atom. The van der Waals surface area contributed by atoms with Gasteiger partial charge in [0.1, 0.15) is 0 Å². The van der Waals surface area contributed by atoms with Gasteiger partial charge in [0.15, 0.2) is 0 Å². The Kier molecular flexibility index (Phi) is 9.14. The number of esters is 2. The summed E-state index contributed by atoms with van der Waals surface area (Å²) in [7, 11) is 1.32. The molecule has 19 heavy (non-hydrogen) atoms. The first kappa shape index (κ1) is 18.5. The second-order valence-corrected chi connectivity index (χ2v) is 8.70. The fourth-order valence-electron chi connectivity index (χ4n) is 1.40. The maximum absolute atomic E-state index is 12.2. The van der Waals surface area contributed by atoms with Crippen LogP contribution in [0.1, 0.15) is 20.3 Å². The average Bonchev–Trinajstić information content (AvgIpc) is 2.38. The summed E-state index contributed by atoms with van der Waals surface area (Å²) in [5.74, 6) is -1.87. The van der Waals surface area contributed by atoms with Crippen molar-refractivity contribution in [1.82, 2.24) is 0 Å². The van der Waals surface area contributed by atoms with E-state index in [4.69, 9.17) is 14.0 Å². The lowest BCUT2D eigenvalue weighted by atomic mass is 10.1. The van der Waals surface area contributed by atoms with E-state index in [2.05, 4.69) is 0 Å². The van der Waals surface area contributed by atoms with Gasteiger partial charge < -0.3 is 14.0 Å². The summed E-state index contributed by atoms with van der Waals surface area (Å²) in [5, 5.41) is 0. The van der Waals surface area contributed by atoms with Crippen LogP contribution in [-0.2, 0) is 28.2 Å². The van der Waals surface area contributed by atoms with E-state index in [1.807, 2.05) is 0 Å². The summed E-state index contributed by atoms with van der Waals surface area (Å²) in [6.07, 6.45) is 1.44. The van der Waals surface area contributed by atoms with Crippen LogP contribution in [0, 0.1) is 5.92 Å². The number of carbonyl (C=O) groups excluding carboxylic acids is 2. The van der Waals surface area contributed by atoms with Crippen molar-refractivity contribution in [2.75, 3.05) is 32.7 Å². The van der Waals surface area contributed by atoms with Crippen molar-refractivity contribution in [3.8, 4) is 0 Å². The van der Waals surface area contributed by atoms with E-state index < -0.39 is 24.4 Å². The van der Waals surface area contributed by atoms with Crippen LogP contribution in [0.4, 0.5) is 0 Å². The largest absolute Gasteiger partial charge is 0.466 e. The number of hydrogen-bond donors (Lipinski definition) is 0. The van der Waals surface area contributed by atoms with Crippen LogP contribution in [0.15, 0.2) is 0 Å². The van der Waals surface area contributed by atoms with Crippen molar-refractivity contribution in [2.45, 2.75) is 20.3 Å². The highest BCUT2D eigenvalue weighted by atomic mass is 32.7. The predicted molar refractivity (Wildman–Crippen MR) is 74.4 cm³/mol. The molecule has 0 bridgehead atoms. The van der Waals surface area contributed by atoms with Gasteiger partial charge >= 0.3 is 11.9 Å². The van der Waals surface area contributed by atoms with Gasteiger partial charge in [0.2, 0.25) is 0 Å². The van der Waals surface area contributed by atoms with Crippen LogP contribution < -0.4 is 0 Å². The molecule has 0 saturated heterocycles. The average molecular weight is 312 g/mol. The molecule has 2 unspecified atom stereocenters. The Morgan fingerprint density at radius 3 is 2.21 bits per heavy atom. The molecule has 6 nitrogen and oxygen atoms in total. The Balaban J connectivity index is 4.81. The molecule has 0 saturated carbocycles. The molecule has 0 aromatic carbocycles. The highest BCUT2D eigenvalue weighted by Crippen LogP contribution is 2.58. The Bertz CT molecular complexity index is 338. The van der Waals surface area contributed by atoms with Crippen LogP contribution in [0.2, 0.25) is 0 Å². The van der Waals surface area contributed by atoms with Gasteiger partial charge in [0, 0.05) is 13.3 Å². The third-order valence-electron chi connectivity index (χ3n) is 2.34. The molecular formula is C11H21O6PS. The van der Waals surface area contributed by atoms with Crippen molar-refractivity contribution < 1.29 is 28.2 Å². The molecule has 112 valence electrons. The van der Waals surface area contributed by atoms with Gasteiger partial charge in [-0.15, -0.1) is 0 Å². The summed E-state index contributed by atoms with van der Waals surface area (Å²) >= 11 is 1.05. The standard InChI is InChI=1S/C11H21O6PS/c1-5-16-10(12)7-9(11(13)17-6-2)8-18(14,15-3)19-4/h9H,5-8H2,1-4H3. The van der Waals surface area contributed by atoms with Crippen molar-refractivity contribution in [2.24, 2.45) is 5.92 Å². The molecular weight excluding hydrogens is 291 g/mol.